The first-order chi connectivity index (χ1) is 10.5. The van der Waals surface area contributed by atoms with Gasteiger partial charge >= 0.3 is 0 Å². The number of aliphatic imine (C=N–C) groups is 1. The van der Waals surface area contributed by atoms with Gasteiger partial charge in [-0.1, -0.05) is 40.0 Å². The van der Waals surface area contributed by atoms with Gasteiger partial charge in [-0.25, -0.2) is 0 Å². The van der Waals surface area contributed by atoms with Crippen molar-refractivity contribution >= 4 is 23.5 Å². The summed E-state index contributed by atoms with van der Waals surface area (Å²) in [6, 6.07) is 0. The molecule has 0 spiro atoms. The van der Waals surface area contributed by atoms with E-state index in [0.717, 1.165) is 5.75 Å². The van der Waals surface area contributed by atoms with Gasteiger partial charge in [0.1, 0.15) is 11.6 Å². The number of amidine groups is 1. The number of nitrogens with two attached hydrogens (primary N) is 1. The lowest BCUT2D eigenvalue weighted by molar-refractivity contribution is -0.119. The highest BCUT2D eigenvalue weighted by molar-refractivity contribution is 8.01. The summed E-state index contributed by atoms with van der Waals surface area (Å²) in [5, 5.41) is 9.93. The number of thioether (sulfide) groups is 1. The Morgan fingerprint density at radius 2 is 1.78 bits per heavy atom. The second-order valence-electron chi connectivity index (χ2n) is 7.95. The number of rotatable bonds is 5. The maximum absolute atomic E-state index is 12.4. The first kappa shape index (κ1) is 20.1. The van der Waals surface area contributed by atoms with Gasteiger partial charge < -0.3 is 10.8 Å². The van der Waals surface area contributed by atoms with Crippen molar-refractivity contribution in [3.8, 4) is 0 Å². The summed E-state index contributed by atoms with van der Waals surface area (Å²) in [5.41, 5.74) is 5.38. The van der Waals surface area contributed by atoms with Crippen LogP contribution < -0.4 is 5.73 Å². The highest BCUT2D eigenvalue weighted by Crippen LogP contribution is 2.33. The topological polar surface area (TPSA) is 75.7 Å². The van der Waals surface area contributed by atoms with E-state index in [9.17, 15) is 9.90 Å². The highest BCUT2D eigenvalue weighted by atomic mass is 32.2. The number of carbonyl (C=O) groups excluding carboxylic acids is 1. The molecule has 1 aliphatic carbocycles. The lowest BCUT2D eigenvalue weighted by atomic mass is 9.91. The number of aliphatic hydroxyl groups is 1. The third kappa shape index (κ3) is 6.98. The van der Waals surface area contributed by atoms with Crippen LogP contribution in [-0.2, 0) is 4.79 Å². The van der Waals surface area contributed by atoms with Gasteiger partial charge in [-0.05, 0) is 38.4 Å². The fraction of sp³-hybridized carbons (Fsp3) is 0.778. The number of nitrogens with zero attached hydrogens (tertiary/aromatic N) is 1. The van der Waals surface area contributed by atoms with E-state index in [1.807, 2.05) is 34.6 Å². The lowest BCUT2D eigenvalue weighted by Gasteiger charge is -2.26. The van der Waals surface area contributed by atoms with Crippen LogP contribution in [0.1, 0.15) is 66.7 Å². The number of aliphatic hydroxyl groups excluding tert-OH is 1. The van der Waals surface area contributed by atoms with Crippen molar-refractivity contribution in [2.75, 3.05) is 5.75 Å². The van der Waals surface area contributed by atoms with Crippen LogP contribution in [0, 0.1) is 11.3 Å². The third-order valence-electron chi connectivity index (χ3n) is 4.20. The SMILES string of the molecule is CC(C)(SCC1CCCCC1)C(=O)N=C(N)/C=C(\O)C(C)(C)C. The van der Waals surface area contributed by atoms with Crippen molar-refractivity contribution in [3.05, 3.63) is 11.8 Å². The molecule has 1 fully saturated rings. The fourth-order valence-corrected chi connectivity index (χ4v) is 3.54. The number of amides is 1. The molecule has 0 heterocycles. The number of hydrogen-bond acceptors (Lipinski definition) is 3. The maximum Gasteiger partial charge on any atom is 0.263 e. The predicted octanol–water partition coefficient (Wildman–Crippen LogP) is 4.45. The van der Waals surface area contributed by atoms with E-state index in [1.54, 1.807) is 11.8 Å². The molecule has 5 heteroatoms. The van der Waals surface area contributed by atoms with E-state index in [-0.39, 0.29) is 17.5 Å². The van der Waals surface area contributed by atoms with E-state index in [4.69, 9.17) is 5.73 Å². The fourth-order valence-electron chi connectivity index (χ4n) is 2.38. The van der Waals surface area contributed by atoms with Crippen molar-refractivity contribution in [2.24, 2.45) is 22.1 Å². The van der Waals surface area contributed by atoms with Crippen LogP contribution in [-0.4, -0.2) is 27.3 Å². The average Bonchev–Trinajstić information content (AvgIpc) is 2.45. The predicted molar refractivity (Wildman–Crippen MR) is 99.9 cm³/mol. The van der Waals surface area contributed by atoms with Gasteiger partial charge in [0.15, 0.2) is 0 Å². The highest BCUT2D eigenvalue weighted by Gasteiger charge is 2.29. The Morgan fingerprint density at radius 3 is 2.30 bits per heavy atom. The molecule has 0 radical (unpaired) electrons. The monoisotopic (exact) mass is 340 g/mol. The van der Waals surface area contributed by atoms with Crippen LogP contribution in [0.3, 0.4) is 0 Å². The Balaban J connectivity index is 2.64. The lowest BCUT2D eigenvalue weighted by Crippen LogP contribution is -2.30. The molecule has 1 aliphatic rings. The van der Waals surface area contributed by atoms with Crippen molar-refractivity contribution < 1.29 is 9.90 Å². The zero-order valence-corrected chi connectivity index (χ0v) is 16.0. The summed E-state index contributed by atoms with van der Waals surface area (Å²) in [6.45, 7) is 9.41. The molecule has 1 rings (SSSR count). The van der Waals surface area contributed by atoms with Gasteiger partial charge in [0.05, 0.1) is 4.75 Å². The molecular formula is C18H32N2O2S. The van der Waals surface area contributed by atoms with E-state index in [0.29, 0.717) is 5.92 Å². The first-order valence-corrected chi connectivity index (χ1v) is 9.44. The number of hydrogen-bond donors (Lipinski definition) is 2. The maximum atomic E-state index is 12.4. The van der Waals surface area contributed by atoms with E-state index in [1.165, 1.54) is 38.2 Å². The molecule has 0 aromatic rings. The summed E-state index contributed by atoms with van der Waals surface area (Å²) >= 11 is 1.66. The van der Waals surface area contributed by atoms with E-state index < -0.39 is 10.2 Å². The Bertz CT molecular complexity index is 470. The largest absolute Gasteiger partial charge is 0.512 e. The van der Waals surface area contributed by atoms with Gasteiger partial charge in [0.25, 0.3) is 5.91 Å². The van der Waals surface area contributed by atoms with Gasteiger partial charge in [-0.3, -0.25) is 4.79 Å². The normalized spacial score (nSPS) is 19.0. The van der Waals surface area contributed by atoms with Crippen molar-refractivity contribution in [3.63, 3.8) is 0 Å². The zero-order chi connectivity index (χ0) is 17.7. The second kappa shape index (κ2) is 8.22. The molecule has 0 bridgehead atoms. The molecule has 0 saturated heterocycles. The molecule has 1 saturated carbocycles. The van der Waals surface area contributed by atoms with Crippen molar-refractivity contribution in [1.29, 1.82) is 0 Å². The molecule has 1 amide bonds. The van der Waals surface area contributed by atoms with E-state index >= 15 is 0 Å². The van der Waals surface area contributed by atoms with E-state index in [2.05, 4.69) is 4.99 Å². The van der Waals surface area contributed by atoms with Gasteiger partial charge in [-0.15, -0.1) is 11.8 Å². The Labute approximate surface area is 145 Å². The van der Waals surface area contributed by atoms with Crippen LogP contribution in [0.4, 0.5) is 0 Å². The van der Waals surface area contributed by atoms with Crippen LogP contribution in [0.5, 0.6) is 0 Å². The molecule has 0 aliphatic heterocycles. The van der Waals surface area contributed by atoms with Gasteiger partial charge in [0, 0.05) is 11.5 Å². The van der Waals surface area contributed by atoms with Gasteiger partial charge in [-0.2, -0.15) is 4.99 Å². The van der Waals surface area contributed by atoms with Crippen LogP contribution in [0.25, 0.3) is 0 Å². The van der Waals surface area contributed by atoms with Crippen LogP contribution in [0.2, 0.25) is 0 Å². The second-order valence-corrected chi connectivity index (χ2v) is 9.59. The molecule has 0 unspecified atom stereocenters. The Kier molecular flexibility index (Phi) is 7.18. The molecular weight excluding hydrogens is 308 g/mol. The number of allylic oxidation sites excluding steroid dienone is 1. The van der Waals surface area contributed by atoms with Crippen LogP contribution >= 0.6 is 11.8 Å². The quantitative estimate of drug-likeness (QED) is 0.440. The summed E-state index contributed by atoms with van der Waals surface area (Å²) in [7, 11) is 0. The Morgan fingerprint density at radius 1 is 1.22 bits per heavy atom. The minimum Gasteiger partial charge on any atom is -0.512 e. The number of carbonyl (C=O) groups is 1. The van der Waals surface area contributed by atoms with Crippen molar-refractivity contribution in [2.45, 2.75) is 71.5 Å². The first-order valence-electron chi connectivity index (χ1n) is 8.46. The third-order valence-corrected chi connectivity index (χ3v) is 5.74. The molecule has 0 aromatic heterocycles. The standard InChI is InChI=1S/C18H32N2O2S/c1-17(2,3)14(21)11-15(19)20-16(22)18(4,5)23-12-13-9-7-6-8-10-13/h11,13,21H,6-10,12H2,1-5H3,(H2,19,20,22)/b14-11-. The molecule has 4 nitrogen and oxygen atoms in total. The molecule has 3 N–H and O–H groups in total. The average molecular weight is 341 g/mol. The molecule has 132 valence electrons. The summed E-state index contributed by atoms with van der Waals surface area (Å²) in [6.07, 6.45) is 7.87. The van der Waals surface area contributed by atoms with Gasteiger partial charge in [0.2, 0.25) is 0 Å². The minimum atomic E-state index is -0.590. The summed E-state index contributed by atoms with van der Waals surface area (Å²) < 4.78 is -0.590. The molecule has 23 heavy (non-hydrogen) atoms. The van der Waals surface area contributed by atoms with Crippen molar-refractivity contribution in [1.82, 2.24) is 0 Å². The zero-order valence-electron chi connectivity index (χ0n) is 15.2. The summed E-state index contributed by atoms with van der Waals surface area (Å²) in [4.78, 5) is 16.3. The smallest absolute Gasteiger partial charge is 0.263 e. The minimum absolute atomic E-state index is 0.0637. The molecule has 0 aromatic carbocycles. The molecule has 0 atom stereocenters. The van der Waals surface area contributed by atoms with Crippen LogP contribution in [0.15, 0.2) is 16.8 Å². The Hall–Kier alpha value is -0.970. The summed E-state index contributed by atoms with van der Waals surface area (Å²) in [5.74, 6) is 1.66.